The molecule has 0 aliphatic carbocycles. The second kappa shape index (κ2) is 9.87. The second-order valence-electron chi connectivity index (χ2n) is 6.84. The van der Waals surface area contributed by atoms with Gasteiger partial charge in [0.2, 0.25) is 5.91 Å². The zero-order valence-electron chi connectivity index (χ0n) is 16.1. The normalized spacial score (nSPS) is 14.8. The van der Waals surface area contributed by atoms with Crippen molar-refractivity contribution in [3.8, 4) is 0 Å². The zero-order valence-corrected chi connectivity index (χ0v) is 17.8. The molecule has 1 saturated heterocycles. The first-order valence-electron chi connectivity index (χ1n) is 9.12. The summed E-state index contributed by atoms with van der Waals surface area (Å²) in [5, 5.41) is 4.27. The Bertz CT molecular complexity index is 942. The highest BCUT2D eigenvalue weighted by Crippen LogP contribution is 2.18. The lowest BCUT2D eigenvalue weighted by Gasteiger charge is -2.37. The summed E-state index contributed by atoms with van der Waals surface area (Å²) in [6.07, 6.45) is 2.07. The number of nitrogens with zero attached hydrogens (tertiary/aromatic N) is 6. The summed E-state index contributed by atoms with van der Waals surface area (Å²) in [4.78, 5) is 25.3. The minimum atomic E-state index is -0.510. The molecule has 1 unspecified atom stereocenters. The van der Waals surface area contributed by atoms with Gasteiger partial charge in [0.25, 0.3) is 5.78 Å². The molecule has 1 fully saturated rings. The summed E-state index contributed by atoms with van der Waals surface area (Å²) in [5.74, 6) is 1.55. The van der Waals surface area contributed by atoms with Crippen LogP contribution in [0.15, 0.2) is 42.7 Å². The quantitative estimate of drug-likeness (QED) is 0.664. The highest BCUT2D eigenvalue weighted by atomic mass is 35.5. The molecule has 2 aromatic heterocycles. The van der Waals surface area contributed by atoms with Crippen molar-refractivity contribution in [3.63, 3.8) is 0 Å². The number of rotatable bonds is 4. The molecule has 0 saturated carbocycles. The molecule has 0 spiro atoms. The number of carbonyl (C=O) groups is 1. The average Bonchev–Trinajstić information content (AvgIpc) is 3.16. The molecule has 8 nitrogen and oxygen atoms in total. The third-order valence-corrected chi connectivity index (χ3v) is 4.89. The number of carbonyl (C=O) groups excluding carboxylic acids is 1. The Morgan fingerprint density at radius 1 is 1.14 bits per heavy atom. The minimum absolute atomic E-state index is 0. The van der Waals surface area contributed by atoms with Crippen LogP contribution in [-0.4, -0.2) is 62.6 Å². The van der Waals surface area contributed by atoms with Gasteiger partial charge in [0.15, 0.2) is 0 Å². The van der Waals surface area contributed by atoms with Crippen LogP contribution in [-0.2, 0) is 11.2 Å². The lowest BCUT2D eigenvalue weighted by Crippen LogP contribution is -2.54. The fraction of sp³-hybridized carbons (Fsp3) is 0.368. The van der Waals surface area contributed by atoms with E-state index in [2.05, 4.69) is 20.0 Å². The van der Waals surface area contributed by atoms with E-state index in [1.165, 1.54) is 6.33 Å². The Morgan fingerprint density at radius 3 is 2.52 bits per heavy atom. The number of nitrogens with two attached hydrogens (primary N) is 1. The molecular weight excluding hydrogens is 413 g/mol. The number of hydrogen-bond donors (Lipinski definition) is 1. The second-order valence-corrected chi connectivity index (χ2v) is 6.84. The van der Waals surface area contributed by atoms with Gasteiger partial charge in [-0.1, -0.05) is 30.3 Å². The van der Waals surface area contributed by atoms with Gasteiger partial charge in [-0.15, -0.1) is 24.8 Å². The molecule has 1 aromatic carbocycles. The van der Waals surface area contributed by atoms with Crippen molar-refractivity contribution >= 4 is 42.3 Å². The molecule has 2 N–H and O–H groups in total. The Balaban J connectivity index is 0.00000150. The predicted octanol–water partition coefficient (Wildman–Crippen LogP) is 1.49. The number of aryl methyl sites for hydroxylation is 1. The van der Waals surface area contributed by atoms with E-state index in [4.69, 9.17) is 5.73 Å². The number of hydrogen-bond acceptors (Lipinski definition) is 6. The maximum Gasteiger partial charge on any atom is 0.254 e. The van der Waals surface area contributed by atoms with Crippen molar-refractivity contribution in [1.82, 2.24) is 24.5 Å². The van der Waals surface area contributed by atoms with Crippen LogP contribution in [0, 0.1) is 6.92 Å². The molecule has 0 radical (unpaired) electrons. The first kappa shape index (κ1) is 22.9. The Kier molecular flexibility index (Phi) is 7.78. The number of amides is 1. The van der Waals surface area contributed by atoms with E-state index in [0.717, 1.165) is 30.2 Å². The molecule has 1 aliphatic heterocycles. The van der Waals surface area contributed by atoms with Gasteiger partial charge in [-0.25, -0.2) is 4.98 Å². The fourth-order valence-electron chi connectivity index (χ4n) is 3.48. The number of anilines is 1. The predicted molar refractivity (Wildman–Crippen MR) is 117 cm³/mol. The lowest BCUT2D eigenvalue weighted by atomic mass is 10.1. The third kappa shape index (κ3) is 4.95. The number of fused-ring (bicyclic) bond motifs is 1. The molecule has 4 rings (SSSR count). The molecule has 1 amide bonds. The standard InChI is InChI=1S/C19H23N7O.2ClH/c1-14-11-17(26-19(23-14)21-13-22-26)24-7-9-25(10-8-24)18(27)16(20)12-15-5-3-2-4-6-15;;/h2-6,11,13,16H,7-10,12,20H2,1H3;2*1H. The summed E-state index contributed by atoms with van der Waals surface area (Å²) < 4.78 is 1.74. The van der Waals surface area contributed by atoms with Crippen molar-refractivity contribution in [2.45, 2.75) is 19.4 Å². The van der Waals surface area contributed by atoms with Gasteiger partial charge in [-0.3, -0.25) is 4.79 Å². The highest BCUT2D eigenvalue weighted by molar-refractivity contribution is 5.85. The molecule has 10 heteroatoms. The van der Waals surface area contributed by atoms with Crippen LogP contribution in [0.2, 0.25) is 0 Å². The summed E-state index contributed by atoms with van der Waals surface area (Å²) in [6.45, 7) is 4.67. The van der Waals surface area contributed by atoms with Crippen molar-refractivity contribution in [1.29, 1.82) is 0 Å². The van der Waals surface area contributed by atoms with Crippen LogP contribution in [0.3, 0.4) is 0 Å². The SMILES string of the molecule is Cc1cc(N2CCN(C(=O)C(N)Cc3ccccc3)CC2)n2ncnc2n1.Cl.Cl. The molecule has 1 atom stereocenters. The zero-order chi connectivity index (χ0) is 18.8. The van der Waals surface area contributed by atoms with E-state index in [0.29, 0.717) is 25.3 Å². The fourth-order valence-corrected chi connectivity index (χ4v) is 3.48. The third-order valence-electron chi connectivity index (χ3n) is 4.89. The van der Waals surface area contributed by atoms with Crippen LogP contribution in [0.1, 0.15) is 11.3 Å². The van der Waals surface area contributed by atoms with Crippen molar-refractivity contribution in [2.24, 2.45) is 5.73 Å². The topological polar surface area (TPSA) is 92.7 Å². The van der Waals surface area contributed by atoms with E-state index < -0.39 is 6.04 Å². The van der Waals surface area contributed by atoms with E-state index in [1.54, 1.807) is 4.52 Å². The summed E-state index contributed by atoms with van der Waals surface area (Å²) in [7, 11) is 0. The van der Waals surface area contributed by atoms with Gasteiger partial charge in [-0.05, 0) is 18.9 Å². The average molecular weight is 438 g/mol. The molecule has 29 heavy (non-hydrogen) atoms. The Hall–Kier alpha value is -2.42. The monoisotopic (exact) mass is 437 g/mol. The number of aromatic nitrogens is 4. The summed E-state index contributed by atoms with van der Waals surface area (Å²) >= 11 is 0. The van der Waals surface area contributed by atoms with Crippen molar-refractivity contribution < 1.29 is 4.79 Å². The van der Waals surface area contributed by atoms with Crippen LogP contribution in [0.4, 0.5) is 5.82 Å². The molecule has 1 aliphatic rings. The van der Waals surface area contributed by atoms with E-state index in [9.17, 15) is 4.79 Å². The van der Waals surface area contributed by atoms with Crippen LogP contribution >= 0.6 is 24.8 Å². The smallest absolute Gasteiger partial charge is 0.254 e. The van der Waals surface area contributed by atoms with Crippen LogP contribution < -0.4 is 10.6 Å². The molecular formula is C19H25Cl2N7O. The molecule has 3 aromatic rings. The lowest BCUT2D eigenvalue weighted by molar-refractivity contribution is -0.132. The Labute approximate surface area is 181 Å². The van der Waals surface area contributed by atoms with Crippen LogP contribution in [0.25, 0.3) is 5.78 Å². The van der Waals surface area contributed by atoms with Crippen molar-refractivity contribution in [2.75, 3.05) is 31.1 Å². The van der Waals surface area contributed by atoms with E-state index in [1.807, 2.05) is 48.2 Å². The Morgan fingerprint density at radius 2 is 1.83 bits per heavy atom. The van der Waals surface area contributed by atoms with Crippen molar-refractivity contribution in [3.05, 3.63) is 54.0 Å². The van der Waals surface area contributed by atoms with Gasteiger partial charge in [0.05, 0.1) is 6.04 Å². The maximum absolute atomic E-state index is 12.7. The van der Waals surface area contributed by atoms with Gasteiger partial charge in [-0.2, -0.15) is 14.6 Å². The molecule has 3 heterocycles. The van der Waals surface area contributed by atoms with Gasteiger partial charge in [0.1, 0.15) is 12.1 Å². The number of benzene rings is 1. The largest absolute Gasteiger partial charge is 0.353 e. The van der Waals surface area contributed by atoms with Gasteiger partial charge >= 0.3 is 0 Å². The summed E-state index contributed by atoms with van der Waals surface area (Å²) in [6, 6.07) is 11.4. The molecule has 0 bridgehead atoms. The maximum atomic E-state index is 12.7. The molecule has 156 valence electrons. The highest BCUT2D eigenvalue weighted by Gasteiger charge is 2.26. The van der Waals surface area contributed by atoms with Gasteiger partial charge in [0, 0.05) is 37.9 Å². The van der Waals surface area contributed by atoms with E-state index in [-0.39, 0.29) is 30.7 Å². The van der Waals surface area contributed by atoms with Crippen LogP contribution in [0.5, 0.6) is 0 Å². The van der Waals surface area contributed by atoms with Gasteiger partial charge < -0.3 is 15.5 Å². The minimum Gasteiger partial charge on any atom is -0.353 e. The number of halogens is 2. The summed E-state index contributed by atoms with van der Waals surface area (Å²) in [5.41, 5.74) is 8.15. The van der Waals surface area contributed by atoms with E-state index >= 15 is 0 Å². The first-order valence-corrected chi connectivity index (χ1v) is 9.12. The number of piperazine rings is 1. The first-order chi connectivity index (χ1) is 13.1.